The van der Waals surface area contributed by atoms with E-state index < -0.39 is 5.41 Å². The Morgan fingerprint density at radius 1 is 1.11 bits per heavy atom. The summed E-state index contributed by atoms with van der Waals surface area (Å²) in [4.78, 5) is 29.3. The summed E-state index contributed by atoms with van der Waals surface area (Å²) in [6, 6.07) is 18.3. The van der Waals surface area contributed by atoms with Crippen LogP contribution in [0.5, 0.6) is 11.5 Å². The molecule has 1 saturated carbocycles. The molecule has 9 heteroatoms. The molecule has 0 aliphatic heterocycles. The highest BCUT2D eigenvalue weighted by Crippen LogP contribution is 2.31. The summed E-state index contributed by atoms with van der Waals surface area (Å²) in [7, 11) is 0. The fourth-order valence-electron chi connectivity index (χ4n) is 3.77. The maximum atomic E-state index is 12.9. The van der Waals surface area contributed by atoms with Crippen LogP contribution < -0.4 is 15.4 Å². The van der Waals surface area contributed by atoms with Crippen LogP contribution in [0, 0.1) is 24.2 Å². The lowest BCUT2D eigenvalue weighted by Crippen LogP contribution is -2.17. The third kappa shape index (κ3) is 5.28. The highest BCUT2D eigenvalue weighted by molar-refractivity contribution is 6.04. The van der Waals surface area contributed by atoms with Crippen LogP contribution in [0.2, 0.25) is 0 Å². The summed E-state index contributed by atoms with van der Waals surface area (Å²) < 4.78 is 7.65. The molecule has 186 valence electrons. The maximum Gasteiger partial charge on any atom is 0.255 e. The number of nitrogens with one attached hydrogen (secondary N) is 2. The van der Waals surface area contributed by atoms with E-state index in [4.69, 9.17) is 4.74 Å². The Bertz CT molecular complexity index is 1560. The van der Waals surface area contributed by atoms with Crippen molar-refractivity contribution >= 4 is 29.1 Å². The largest absolute Gasteiger partial charge is 0.455 e. The van der Waals surface area contributed by atoms with E-state index in [0.717, 1.165) is 24.0 Å². The Morgan fingerprint density at radius 2 is 1.92 bits per heavy atom. The van der Waals surface area contributed by atoms with Gasteiger partial charge in [-0.3, -0.25) is 14.9 Å². The zero-order valence-corrected chi connectivity index (χ0v) is 20.8. The Morgan fingerprint density at radius 3 is 2.68 bits per heavy atom. The molecule has 37 heavy (non-hydrogen) atoms. The molecule has 1 aliphatic rings. The fraction of sp³-hybridized carbons (Fsp3) is 0.250. The lowest BCUT2D eigenvalue weighted by atomic mass is 9.85. The van der Waals surface area contributed by atoms with E-state index >= 15 is 0 Å². The van der Waals surface area contributed by atoms with Gasteiger partial charge >= 0.3 is 0 Å². The second-order valence-corrected chi connectivity index (χ2v) is 9.72. The van der Waals surface area contributed by atoms with Crippen molar-refractivity contribution in [3.05, 3.63) is 77.5 Å². The minimum Gasteiger partial charge on any atom is -0.455 e. The number of nitriles is 1. The molecule has 9 nitrogen and oxygen atoms in total. The topological polar surface area (TPSA) is 121 Å². The normalized spacial score (nSPS) is 13.1. The summed E-state index contributed by atoms with van der Waals surface area (Å²) in [5.74, 6) is 1.08. The van der Waals surface area contributed by atoms with Crippen molar-refractivity contribution in [3.8, 4) is 17.6 Å². The van der Waals surface area contributed by atoms with Crippen LogP contribution in [0.1, 0.15) is 48.2 Å². The Balaban J connectivity index is 1.32. The lowest BCUT2D eigenvalue weighted by molar-refractivity contribution is -0.117. The highest BCUT2D eigenvalue weighted by Gasteiger charge is 2.30. The molecule has 2 amide bonds. The Hall–Kier alpha value is -4.71. The summed E-state index contributed by atoms with van der Waals surface area (Å²) in [6.07, 6.45) is 3.49. The first-order valence-corrected chi connectivity index (χ1v) is 12.0. The van der Waals surface area contributed by atoms with Gasteiger partial charge in [0, 0.05) is 23.2 Å². The monoisotopic (exact) mass is 494 g/mol. The number of nitrogens with zero attached hydrogens (tertiary/aromatic N) is 4. The predicted octanol–water partition coefficient (Wildman–Crippen LogP) is 5.23. The highest BCUT2D eigenvalue weighted by atomic mass is 16.5. The minimum absolute atomic E-state index is 0.0534. The zero-order valence-electron chi connectivity index (χ0n) is 20.8. The molecule has 0 saturated heterocycles. The number of benzene rings is 2. The first-order chi connectivity index (χ1) is 17.7. The predicted molar refractivity (Wildman–Crippen MR) is 139 cm³/mol. The number of ether oxygens (including phenoxy) is 1. The minimum atomic E-state index is -0.698. The van der Waals surface area contributed by atoms with Gasteiger partial charge < -0.3 is 10.1 Å². The van der Waals surface area contributed by atoms with E-state index in [1.54, 1.807) is 53.2 Å². The van der Waals surface area contributed by atoms with Gasteiger partial charge in [-0.2, -0.15) is 10.2 Å². The lowest BCUT2D eigenvalue weighted by Gasteiger charge is -2.16. The Labute approximate surface area is 214 Å². The van der Waals surface area contributed by atoms with Gasteiger partial charge in [-0.25, -0.2) is 4.52 Å². The summed E-state index contributed by atoms with van der Waals surface area (Å²) in [5.41, 5.74) is 2.57. The summed E-state index contributed by atoms with van der Waals surface area (Å²) >= 11 is 0. The van der Waals surface area contributed by atoms with Crippen molar-refractivity contribution in [2.75, 3.05) is 10.6 Å². The van der Waals surface area contributed by atoms with Crippen LogP contribution in [0.25, 0.3) is 5.65 Å². The second kappa shape index (κ2) is 9.39. The quantitative estimate of drug-likeness (QED) is 0.363. The zero-order chi connectivity index (χ0) is 26.2. The smallest absolute Gasteiger partial charge is 0.255 e. The number of carbonyl (C=O) groups excluding carboxylic acids is 2. The number of rotatable bonds is 7. The molecule has 0 bridgehead atoms. The van der Waals surface area contributed by atoms with Gasteiger partial charge in [-0.05, 0) is 75.1 Å². The Kier molecular flexibility index (Phi) is 6.09. The molecule has 0 atom stereocenters. The van der Waals surface area contributed by atoms with E-state index in [2.05, 4.69) is 26.8 Å². The van der Waals surface area contributed by atoms with Crippen molar-refractivity contribution in [2.45, 2.75) is 39.0 Å². The SMILES string of the molecule is Cc1ccc(NC(=O)c2cccc(C(C)(C)C#N)c2)cc1Oc1ccc2nc(NC(=O)C3CC3)nn2c1. The first kappa shape index (κ1) is 24.0. The number of pyridine rings is 1. The number of carbonyl (C=O) groups is 2. The van der Waals surface area contributed by atoms with E-state index in [1.807, 2.05) is 32.9 Å². The van der Waals surface area contributed by atoms with Gasteiger partial charge in [0.25, 0.3) is 5.91 Å². The standard InChI is InChI=1S/C28H26N6O3/c1-17-7-10-21(30-26(36)19-5-4-6-20(13-19)28(2,3)16-29)14-23(17)37-22-11-12-24-31-27(33-34(24)15-22)32-25(35)18-8-9-18/h4-7,10-15,18H,8-9H2,1-3H3,(H,30,36)(H,32,33,35). The molecular weight excluding hydrogens is 468 g/mol. The molecule has 4 aromatic rings. The maximum absolute atomic E-state index is 12.9. The molecular formula is C28H26N6O3. The summed E-state index contributed by atoms with van der Waals surface area (Å²) in [5, 5.41) is 19.4. The van der Waals surface area contributed by atoms with Gasteiger partial charge in [0.2, 0.25) is 11.9 Å². The van der Waals surface area contributed by atoms with Crippen LogP contribution in [0.4, 0.5) is 11.6 Å². The second-order valence-electron chi connectivity index (χ2n) is 9.72. The molecule has 2 aromatic carbocycles. The van der Waals surface area contributed by atoms with Crippen LogP contribution in [0.15, 0.2) is 60.8 Å². The van der Waals surface area contributed by atoms with Crippen molar-refractivity contribution in [3.63, 3.8) is 0 Å². The van der Waals surface area contributed by atoms with Gasteiger partial charge in [0.05, 0.1) is 17.7 Å². The third-order valence-corrected chi connectivity index (χ3v) is 6.29. The van der Waals surface area contributed by atoms with Crippen molar-refractivity contribution < 1.29 is 14.3 Å². The van der Waals surface area contributed by atoms with Crippen LogP contribution >= 0.6 is 0 Å². The van der Waals surface area contributed by atoms with Crippen molar-refractivity contribution in [1.82, 2.24) is 14.6 Å². The number of hydrogen-bond acceptors (Lipinski definition) is 6. The van der Waals surface area contributed by atoms with Crippen LogP contribution in [-0.4, -0.2) is 26.4 Å². The van der Waals surface area contributed by atoms with Gasteiger partial charge in [-0.1, -0.05) is 18.2 Å². The number of amides is 2. The average molecular weight is 495 g/mol. The van der Waals surface area contributed by atoms with E-state index in [-0.39, 0.29) is 23.7 Å². The van der Waals surface area contributed by atoms with E-state index in [9.17, 15) is 14.9 Å². The third-order valence-electron chi connectivity index (χ3n) is 6.29. The molecule has 1 fully saturated rings. The van der Waals surface area contributed by atoms with Gasteiger partial charge in [0.1, 0.15) is 11.5 Å². The molecule has 2 N–H and O–H groups in total. The van der Waals surface area contributed by atoms with Crippen LogP contribution in [0.3, 0.4) is 0 Å². The molecule has 0 radical (unpaired) electrons. The van der Waals surface area contributed by atoms with Crippen LogP contribution in [-0.2, 0) is 10.2 Å². The first-order valence-electron chi connectivity index (χ1n) is 12.0. The number of aromatic nitrogens is 3. The van der Waals surface area contributed by atoms with E-state index in [1.165, 1.54) is 0 Å². The number of aryl methyl sites for hydroxylation is 1. The number of hydrogen-bond donors (Lipinski definition) is 2. The number of fused-ring (bicyclic) bond motifs is 1. The molecule has 0 spiro atoms. The summed E-state index contributed by atoms with van der Waals surface area (Å²) in [6.45, 7) is 5.54. The molecule has 2 aromatic heterocycles. The molecule has 2 heterocycles. The fourth-order valence-corrected chi connectivity index (χ4v) is 3.77. The average Bonchev–Trinajstić information content (AvgIpc) is 3.67. The molecule has 1 aliphatic carbocycles. The van der Waals surface area contributed by atoms with Gasteiger partial charge in [0.15, 0.2) is 5.65 Å². The number of anilines is 2. The van der Waals surface area contributed by atoms with E-state index in [0.29, 0.717) is 28.4 Å². The molecule has 0 unspecified atom stereocenters. The van der Waals surface area contributed by atoms with Crippen molar-refractivity contribution in [1.29, 1.82) is 5.26 Å². The van der Waals surface area contributed by atoms with Gasteiger partial charge in [-0.15, -0.1) is 5.10 Å². The molecule has 5 rings (SSSR count). The van der Waals surface area contributed by atoms with Crippen molar-refractivity contribution in [2.24, 2.45) is 5.92 Å².